The molecule has 0 aliphatic carbocycles. The summed E-state index contributed by atoms with van der Waals surface area (Å²) in [5.74, 6) is 1.64. The van der Waals surface area contributed by atoms with Crippen molar-refractivity contribution < 1.29 is 4.74 Å². The molecule has 0 aliphatic rings. The number of ether oxygens (including phenoxy) is 1. The zero-order valence-electron chi connectivity index (χ0n) is 13.0. The molecule has 0 spiro atoms. The van der Waals surface area contributed by atoms with Gasteiger partial charge in [0.05, 0.1) is 0 Å². The van der Waals surface area contributed by atoms with E-state index in [0.717, 1.165) is 27.9 Å². The summed E-state index contributed by atoms with van der Waals surface area (Å²) < 4.78 is 9.65. The lowest BCUT2D eigenvalue weighted by Crippen LogP contribution is -2.11. The van der Waals surface area contributed by atoms with Gasteiger partial charge in [-0.2, -0.15) is 5.10 Å². The third kappa shape index (κ3) is 3.48. The standard InChI is InChI=1S/C17H18BrN3OS/c1-3-11(2)21-16(19-20-17(21)23)10-22-15-7-5-12-8-14(18)6-4-13(12)9-15/h4-9,11H,3,10H2,1-2H3,(H,20,23). The van der Waals surface area contributed by atoms with Gasteiger partial charge in [0.25, 0.3) is 0 Å². The summed E-state index contributed by atoms with van der Waals surface area (Å²) in [5, 5.41) is 9.46. The molecule has 1 N–H and O–H groups in total. The van der Waals surface area contributed by atoms with Crippen molar-refractivity contribution in [2.75, 3.05) is 0 Å². The molecule has 1 unspecified atom stereocenters. The topological polar surface area (TPSA) is 42.8 Å². The van der Waals surface area contributed by atoms with Gasteiger partial charge in [-0.25, -0.2) is 0 Å². The Morgan fingerprint density at radius 2 is 2.00 bits per heavy atom. The van der Waals surface area contributed by atoms with E-state index in [4.69, 9.17) is 17.0 Å². The van der Waals surface area contributed by atoms with E-state index in [9.17, 15) is 0 Å². The Labute approximate surface area is 148 Å². The summed E-state index contributed by atoms with van der Waals surface area (Å²) in [6.45, 7) is 4.65. The van der Waals surface area contributed by atoms with Crippen molar-refractivity contribution >= 4 is 38.9 Å². The lowest BCUT2D eigenvalue weighted by atomic mass is 10.1. The van der Waals surface area contributed by atoms with E-state index in [2.05, 4.69) is 58.2 Å². The van der Waals surface area contributed by atoms with Crippen LogP contribution in [-0.4, -0.2) is 14.8 Å². The zero-order chi connectivity index (χ0) is 16.4. The van der Waals surface area contributed by atoms with Crippen molar-refractivity contribution in [2.45, 2.75) is 32.9 Å². The Morgan fingerprint density at radius 3 is 2.78 bits per heavy atom. The number of nitrogens with one attached hydrogen (secondary N) is 1. The third-order valence-electron chi connectivity index (χ3n) is 3.95. The molecular weight excluding hydrogens is 374 g/mol. The number of aromatic nitrogens is 3. The molecule has 1 atom stereocenters. The average molecular weight is 392 g/mol. The van der Waals surface area contributed by atoms with Crippen LogP contribution in [0.3, 0.4) is 0 Å². The number of halogens is 1. The summed E-state index contributed by atoms with van der Waals surface area (Å²) in [6, 6.07) is 12.6. The van der Waals surface area contributed by atoms with Crippen molar-refractivity contribution in [3.05, 3.63) is 51.5 Å². The van der Waals surface area contributed by atoms with Crippen molar-refractivity contribution in [2.24, 2.45) is 0 Å². The highest BCUT2D eigenvalue weighted by Gasteiger charge is 2.12. The molecule has 0 fully saturated rings. The molecule has 4 nitrogen and oxygen atoms in total. The minimum absolute atomic E-state index is 0.300. The summed E-state index contributed by atoms with van der Waals surface area (Å²) >= 11 is 8.79. The number of benzene rings is 2. The Bertz CT molecular complexity index is 887. The second-order valence-electron chi connectivity index (χ2n) is 5.51. The summed E-state index contributed by atoms with van der Waals surface area (Å²) in [7, 11) is 0. The molecule has 3 aromatic rings. The van der Waals surface area contributed by atoms with Gasteiger partial charge in [-0.3, -0.25) is 9.67 Å². The van der Waals surface area contributed by atoms with Crippen LogP contribution in [-0.2, 0) is 6.61 Å². The highest BCUT2D eigenvalue weighted by atomic mass is 79.9. The van der Waals surface area contributed by atoms with E-state index in [1.807, 2.05) is 22.8 Å². The summed E-state index contributed by atoms with van der Waals surface area (Å²) in [5.41, 5.74) is 0. The fraction of sp³-hybridized carbons (Fsp3) is 0.294. The lowest BCUT2D eigenvalue weighted by Gasteiger charge is -2.14. The van der Waals surface area contributed by atoms with E-state index in [0.29, 0.717) is 17.4 Å². The van der Waals surface area contributed by atoms with Crippen LogP contribution in [0.15, 0.2) is 40.9 Å². The van der Waals surface area contributed by atoms with Crippen LogP contribution in [0.1, 0.15) is 32.1 Å². The van der Waals surface area contributed by atoms with Gasteiger partial charge in [-0.1, -0.05) is 35.0 Å². The maximum absolute atomic E-state index is 5.92. The molecule has 0 bridgehead atoms. The van der Waals surface area contributed by atoms with E-state index >= 15 is 0 Å². The van der Waals surface area contributed by atoms with Crippen LogP contribution in [0.5, 0.6) is 5.75 Å². The molecule has 120 valence electrons. The van der Waals surface area contributed by atoms with E-state index in [1.54, 1.807) is 0 Å². The van der Waals surface area contributed by atoms with E-state index < -0.39 is 0 Å². The quantitative estimate of drug-likeness (QED) is 0.591. The van der Waals surface area contributed by atoms with Gasteiger partial charge in [-0.05, 0) is 60.6 Å². The number of hydrogen-bond acceptors (Lipinski definition) is 3. The van der Waals surface area contributed by atoms with Crippen LogP contribution in [0.4, 0.5) is 0 Å². The smallest absolute Gasteiger partial charge is 0.195 e. The monoisotopic (exact) mass is 391 g/mol. The van der Waals surface area contributed by atoms with Crippen molar-refractivity contribution in [1.29, 1.82) is 0 Å². The first-order valence-corrected chi connectivity index (χ1v) is 8.76. The lowest BCUT2D eigenvalue weighted by molar-refractivity contribution is 0.284. The first-order chi connectivity index (χ1) is 11.1. The van der Waals surface area contributed by atoms with Crippen LogP contribution in [0, 0.1) is 4.77 Å². The summed E-state index contributed by atoms with van der Waals surface area (Å²) in [6.07, 6.45) is 0.992. The fourth-order valence-corrected chi connectivity index (χ4v) is 3.22. The first kappa shape index (κ1) is 16.2. The van der Waals surface area contributed by atoms with Gasteiger partial charge in [-0.15, -0.1) is 0 Å². The molecular formula is C17H18BrN3OS. The van der Waals surface area contributed by atoms with E-state index in [-0.39, 0.29) is 0 Å². The normalized spacial score (nSPS) is 12.5. The Kier molecular flexibility index (Phi) is 4.82. The number of H-pyrrole nitrogens is 1. The Morgan fingerprint density at radius 1 is 1.26 bits per heavy atom. The highest BCUT2D eigenvalue weighted by Crippen LogP contribution is 2.25. The maximum Gasteiger partial charge on any atom is 0.195 e. The van der Waals surface area contributed by atoms with Gasteiger partial charge in [0, 0.05) is 10.5 Å². The molecule has 6 heteroatoms. The van der Waals surface area contributed by atoms with Crippen LogP contribution >= 0.6 is 28.1 Å². The largest absolute Gasteiger partial charge is 0.486 e. The molecule has 1 heterocycles. The van der Waals surface area contributed by atoms with Crippen LogP contribution in [0.25, 0.3) is 10.8 Å². The number of nitrogens with zero attached hydrogens (tertiary/aromatic N) is 2. The van der Waals surface area contributed by atoms with Gasteiger partial charge >= 0.3 is 0 Å². The highest BCUT2D eigenvalue weighted by molar-refractivity contribution is 9.10. The molecule has 3 rings (SSSR count). The minimum atomic E-state index is 0.300. The fourth-order valence-electron chi connectivity index (χ4n) is 2.51. The first-order valence-electron chi connectivity index (χ1n) is 7.56. The van der Waals surface area contributed by atoms with Crippen LogP contribution in [0.2, 0.25) is 0 Å². The van der Waals surface area contributed by atoms with Crippen molar-refractivity contribution in [3.8, 4) is 5.75 Å². The minimum Gasteiger partial charge on any atom is -0.486 e. The molecule has 2 aromatic carbocycles. The second-order valence-corrected chi connectivity index (χ2v) is 6.82. The van der Waals surface area contributed by atoms with Gasteiger partial charge < -0.3 is 4.74 Å². The molecule has 0 saturated carbocycles. The number of rotatable bonds is 5. The third-order valence-corrected chi connectivity index (χ3v) is 4.73. The van der Waals surface area contributed by atoms with Crippen molar-refractivity contribution in [3.63, 3.8) is 0 Å². The molecule has 23 heavy (non-hydrogen) atoms. The van der Waals surface area contributed by atoms with Gasteiger partial charge in [0.15, 0.2) is 10.6 Å². The molecule has 1 aromatic heterocycles. The number of hydrogen-bond donors (Lipinski definition) is 1. The molecule has 0 aliphatic heterocycles. The van der Waals surface area contributed by atoms with Crippen LogP contribution < -0.4 is 4.74 Å². The molecule has 0 saturated heterocycles. The Balaban J connectivity index is 1.81. The summed E-state index contributed by atoms with van der Waals surface area (Å²) in [4.78, 5) is 0. The number of aromatic amines is 1. The van der Waals surface area contributed by atoms with Crippen molar-refractivity contribution in [1.82, 2.24) is 14.8 Å². The molecule has 0 amide bonds. The average Bonchev–Trinajstić information content (AvgIpc) is 2.93. The van der Waals surface area contributed by atoms with Gasteiger partial charge in [0.2, 0.25) is 0 Å². The Hall–Kier alpha value is -1.66. The molecule has 0 radical (unpaired) electrons. The number of fused-ring (bicyclic) bond motifs is 1. The second kappa shape index (κ2) is 6.84. The predicted molar refractivity (Wildman–Crippen MR) is 98.4 cm³/mol. The van der Waals surface area contributed by atoms with Gasteiger partial charge in [0.1, 0.15) is 12.4 Å². The predicted octanol–water partition coefficient (Wildman–Crippen LogP) is 5.41. The SMILES string of the molecule is CCC(C)n1c(COc2ccc3cc(Br)ccc3c2)n[nH]c1=S. The maximum atomic E-state index is 5.92. The zero-order valence-corrected chi connectivity index (χ0v) is 15.4. The van der Waals surface area contributed by atoms with E-state index in [1.165, 1.54) is 5.39 Å².